The van der Waals surface area contributed by atoms with Gasteiger partial charge in [-0.25, -0.2) is 15.2 Å². The van der Waals surface area contributed by atoms with Gasteiger partial charge in [-0.1, -0.05) is 23.9 Å². The molecule has 0 bridgehead atoms. The highest BCUT2D eigenvalue weighted by atomic mass is 32.2. The standard InChI is InChI=1S/C20H19N3O5S2/c1-2-27-16-9-13(7-8-15(16)28-11-19(25)26)10-21-23-18(24)12-29-20-22-14-5-3-4-6-17(14)30-20/h3-10H,2,11-12H2,1H3,(H,23,24)(H,25,26)/b21-10-. The number of aliphatic carboxylic acids is 1. The average Bonchev–Trinajstić information content (AvgIpc) is 3.15. The van der Waals surface area contributed by atoms with E-state index in [1.165, 1.54) is 18.0 Å². The van der Waals surface area contributed by atoms with Crippen LogP contribution in [0, 0.1) is 0 Å². The van der Waals surface area contributed by atoms with E-state index in [1.807, 2.05) is 31.2 Å². The minimum Gasteiger partial charge on any atom is -0.490 e. The Bertz CT molecular complexity index is 1030. The molecule has 1 heterocycles. The summed E-state index contributed by atoms with van der Waals surface area (Å²) in [5.74, 6) is -0.395. The Morgan fingerprint density at radius 3 is 2.83 bits per heavy atom. The van der Waals surface area contributed by atoms with Crippen molar-refractivity contribution >= 4 is 51.4 Å². The number of ether oxygens (including phenoxy) is 2. The lowest BCUT2D eigenvalue weighted by Crippen LogP contribution is -2.19. The molecular weight excluding hydrogens is 426 g/mol. The third kappa shape index (κ3) is 6.19. The molecule has 0 saturated carbocycles. The number of benzene rings is 2. The highest BCUT2D eigenvalue weighted by Crippen LogP contribution is 2.29. The zero-order chi connectivity index (χ0) is 21.3. The van der Waals surface area contributed by atoms with Crippen molar-refractivity contribution in [1.82, 2.24) is 10.4 Å². The molecule has 1 aromatic heterocycles. The van der Waals surface area contributed by atoms with Crippen LogP contribution in [0.2, 0.25) is 0 Å². The number of carbonyl (C=O) groups is 2. The van der Waals surface area contributed by atoms with E-state index in [0.717, 1.165) is 14.6 Å². The number of thioether (sulfide) groups is 1. The van der Waals surface area contributed by atoms with E-state index < -0.39 is 12.6 Å². The molecule has 0 saturated heterocycles. The van der Waals surface area contributed by atoms with Gasteiger partial charge in [-0.15, -0.1) is 11.3 Å². The number of hydrogen-bond acceptors (Lipinski definition) is 8. The van der Waals surface area contributed by atoms with Gasteiger partial charge in [-0.05, 0) is 42.8 Å². The second-order valence-corrected chi connectivity index (χ2v) is 8.10. The number of fused-ring (bicyclic) bond motifs is 1. The summed E-state index contributed by atoms with van der Waals surface area (Å²) < 4.78 is 12.6. The summed E-state index contributed by atoms with van der Waals surface area (Å²) >= 11 is 2.90. The molecule has 30 heavy (non-hydrogen) atoms. The van der Waals surface area contributed by atoms with Gasteiger partial charge in [0.15, 0.2) is 22.4 Å². The fourth-order valence-electron chi connectivity index (χ4n) is 2.38. The zero-order valence-corrected chi connectivity index (χ0v) is 17.7. The van der Waals surface area contributed by atoms with Crippen molar-refractivity contribution < 1.29 is 24.2 Å². The van der Waals surface area contributed by atoms with Crippen LogP contribution in [0.4, 0.5) is 0 Å². The van der Waals surface area contributed by atoms with Crippen LogP contribution >= 0.6 is 23.1 Å². The van der Waals surface area contributed by atoms with Crippen LogP contribution in [0.25, 0.3) is 10.2 Å². The van der Waals surface area contributed by atoms with Crippen LogP contribution in [-0.2, 0) is 9.59 Å². The molecule has 0 aliphatic rings. The Morgan fingerprint density at radius 1 is 1.23 bits per heavy atom. The Morgan fingerprint density at radius 2 is 2.07 bits per heavy atom. The van der Waals surface area contributed by atoms with Gasteiger partial charge in [-0.2, -0.15) is 5.10 Å². The average molecular weight is 446 g/mol. The second-order valence-electron chi connectivity index (χ2n) is 5.85. The summed E-state index contributed by atoms with van der Waals surface area (Å²) in [5, 5.41) is 12.7. The number of carboxylic acid groups (broad SMARTS) is 1. The lowest BCUT2D eigenvalue weighted by atomic mass is 10.2. The highest BCUT2D eigenvalue weighted by Gasteiger charge is 2.09. The number of carboxylic acids is 1. The SMILES string of the molecule is CCOc1cc(/C=N\NC(=O)CSc2nc3ccccc3s2)ccc1OCC(=O)O. The molecule has 0 fully saturated rings. The summed E-state index contributed by atoms with van der Waals surface area (Å²) in [6.07, 6.45) is 1.48. The Balaban J connectivity index is 1.53. The van der Waals surface area contributed by atoms with Crippen molar-refractivity contribution in [3.05, 3.63) is 48.0 Å². The van der Waals surface area contributed by atoms with Gasteiger partial charge in [0.1, 0.15) is 0 Å². The molecule has 1 amide bonds. The molecule has 0 spiro atoms. The normalized spacial score (nSPS) is 11.0. The van der Waals surface area contributed by atoms with Gasteiger partial charge in [0.2, 0.25) is 0 Å². The fraction of sp³-hybridized carbons (Fsp3) is 0.200. The number of amides is 1. The van der Waals surface area contributed by atoms with Gasteiger partial charge in [-0.3, -0.25) is 4.79 Å². The zero-order valence-electron chi connectivity index (χ0n) is 16.0. The van der Waals surface area contributed by atoms with Crippen LogP contribution in [0.5, 0.6) is 11.5 Å². The molecule has 2 aromatic carbocycles. The molecule has 0 radical (unpaired) electrons. The molecule has 8 nitrogen and oxygen atoms in total. The van der Waals surface area contributed by atoms with E-state index in [4.69, 9.17) is 14.6 Å². The largest absolute Gasteiger partial charge is 0.490 e. The summed E-state index contributed by atoms with van der Waals surface area (Å²) in [5.41, 5.74) is 4.07. The van der Waals surface area contributed by atoms with Crippen LogP contribution in [0.3, 0.4) is 0 Å². The van der Waals surface area contributed by atoms with E-state index in [0.29, 0.717) is 23.7 Å². The second kappa shape index (κ2) is 10.6. The summed E-state index contributed by atoms with van der Waals surface area (Å²) in [6, 6.07) is 12.8. The number of nitrogens with one attached hydrogen (secondary N) is 1. The maximum atomic E-state index is 12.0. The first-order valence-corrected chi connectivity index (χ1v) is 10.8. The molecule has 0 unspecified atom stereocenters. The lowest BCUT2D eigenvalue weighted by Gasteiger charge is -2.11. The lowest BCUT2D eigenvalue weighted by molar-refractivity contribution is -0.139. The molecule has 3 rings (SSSR count). The van der Waals surface area contributed by atoms with Crippen molar-refractivity contribution in [1.29, 1.82) is 0 Å². The summed E-state index contributed by atoms with van der Waals surface area (Å²) in [4.78, 5) is 27.2. The Labute approximate surface area is 180 Å². The molecule has 2 N–H and O–H groups in total. The highest BCUT2D eigenvalue weighted by molar-refractivity contribution is 8.01. The molecule has 0 aliphatic carbocycles. The van der Waals surface area contributed by atoms with Gasteiger partial charge < -0.3 is 14.6 Å². The number of hydrazone groups is 1. The fourth-order valence-corrected chi connectivity index (χ4v) is 4.24. The van der Waals surface area contributed by atoms with Crippen molar-refractivity contribution in [2.24, 2.45) is 5.10 Å². The van der Waals surface area contributed by atoms with Crippen molar-refractivity contribution in [2.45, 2.75) is 11.3 Å². The quantitative estimate of drug-likeness (QED) is 0.280. The van der Waals surface area contributed by atoms with Crippen LogP contribution < -0.4 is 14.9 Å². The van der Waals surface area contributed by atoms with E-state index in [9.17, 15) is 9.59 Å². The number of para-hydroxylation sites is 1. The first-order valence-electron chi connectivity index (χ1n) is 8.97. The minimum atomic E-state index is -1.07. The first-order chi connectivity index (χ1) is 14.5. The van der Waals surface area contributed by atoms with Crippen LogP contribution in [-0.4, -0.2) is 47.1 Å². The van der Waals surface area contributed by atoms with Crippen molar-refractivity contribution in [3.63, 3.8) is 0 Å². The van der Waals surface area contributed by atoms with Gasteiger partial charge in [0, 0.05) is 0 Å². The number of hydrogen-bond donors (Lipinski definition) is 2. The monoisotopic (exact) mass is 445 g/mol. The molecule has 10 heteroatoms. The van der Waals surface area contributed by atoms with Gasteiger partial charge in [0.25, 0.3) is 5.91 Å². The van der Waals surface area contributed by atoms with Crippen LogP contribution in [0.15, 0.2) is 51.9 Å². The van der Waals surface area contributed by atoms with E-state index in [-0.39, 0.29) is 11.7 Å². The van der Waals surface area contributed by atoms with E-state index in [1.54, 1.807) is 29.5 Å². The molecule has 156 valence electrons. The van der Waals surface area contributed by atoms with E-state index >= 15 is 0 Å². The first kappa shape index (κ1) is 21.6. The van der Waals surface area contributed by atoms with Gasteiger partial charge >= 0.3 is 5.97 Å². The third-order valence-electron chi connectivity index (χ3n) is 3.62. The topological polar surface area (TPSA) is 110 Å². The molecule has 3 aromatic rings. The molecular formula is C20H19N3O5S2. The van der Waals surface area contributed by atoms with Crippen LogP contribution in [0.1, 0.15) is 12.5 Å². The van der Waals surface area contributed by atoms with Gasteiger partial charge in [0.05, 0.1) is 28.8 Å². The number of rotatable bonds is 10. The Hall–Kier alpha value is -3.11. The predicted octanol–water partition coefficient (Wildman–Crippen LogP) is 3.40. The van der Waals surface area contributed by atoms with Crippen molar-refractivity contribution in [3.8, 4) is 11.5 Å². The third-order valence-corrected chi connectivity index (χ3v) is 5.80. The summed E-state index contributed by atoms with van der Waals surface area (Å²) in [7, 11) is 0. The number of thiazole rings is 1. The maximum absolute atomic E-state index is 12.0. The molecule has 0 aliphatic heterocycles. The number of aromatic nitrogens is 1. The van der Waals surface area contributed by atoms with E-state index in [2.05, 4.69) is 15.5 Å². The maximum Gasteiger partial charge on any atom is 0.341 e. The Kier molecular flexibility index (Phi) is 7.63. The van der Waals surface area contributed by atoms with Crippen molar-refractivity contribution in [2.75, 3.05) is 19.0 Å². The number of carbonyl (C=O) groups excluding carboxylic acids is 1. The molecule has 0 atom stereocenters. The number of nitrogens with zero attached hydrogens (tertiary/aromatic N) is 2. The predicted molar refractivity (Wildman–Crippen MR) is 117 cm³/mol. The summed E-state index contributed by atoms with van der Waals surface area (Å²) in [6.45, 7) is 1.74. The smallest absolute Gasteiger partial charge is 0.341 e. The minimum absolute atomic E-state index is 0.198.